The van der Waals surface area contributed by atoms with Gasteiger partial charge in [0.25, 0.3) is 0 Å². The van der Waals surface area contributed by atoms with Gasteiger partial charge in [-0.25, -0.2) is 4.68 Å². The van der Waals surface area contributed by atoms with Gasteiger partial charge in [0, 0.05) is 18.0 Å². The summed E-state index contributed by atoms with van der Waals surface area (Å²) in [5.74, 6) is 0.105. The standard InChI is InChI=1S/C13H10Cl2F2N4O/c1-21-12(22-13(16)17)10(15)11(20-21)6-2-3-7-8(4-6)18-19-9(7)5-14/h2-4,13H,5H2,1H3,(H,18,19). The molecule has 0 saturated heterocycles. The number of H-pyrrole nitrogens is 1. The molecule has 2 heterocycles. The number of nitrogens with one attached hydrogen (secondary N) is 1. The molecule has 116 valence electrons. The zero-order valence-corrected chi connectivity index (χ0v) is 12.8. The summed E-state index contributed by atoms with van der Waals surface area (Å²) in [6, 6.07) is 5.37. The highest BCUT2D eigenvalue weighted by Crippen LogP contribution is 2.36. The first-order valence-corrected chi connectivity index (χ1v) is 7.13. The highest BCUT2D eigenvalue weighted by atomic mass is 35.5. The number of hydrogen-bond acceptors (Lipinski definition) is 3. The van der Waals surface area contributed by atoms with Gasteiger partial charge in [0.05, 0.1) is 17.1 Å². The fraction of sp³-hybridized carbons (Fsp3) is 0.231. The lowest BCUT2D eigenvalue weighted by atomic mass is 10.1. The van der Waals surface area contributed by atoms with E-state index in [1.165, 1.54) is 11.7 Å². The Morgan fingerprint density at radius 2 is 2.18 bits per heavy atom. The van der Waals surface area contributed by atoms with Crippen LogP contribution in [0.25, 0.3) is 22.2 Å². The van der Waals surface area contributed by atoms with Crippen LogP contribution >= 0.6 is 23.2 Å². The molecule has 0 fully saturated rings. The lowest BCUT2D eigenvalue weighted by Gasteiger charge is -2.03. The zero-order valence-electron chi connectivity index (χ0n) is 11.3. The average Bonchev–Trinajstić information content (AvgIpc) is 3.02. The third-order valence-electron chi connectivity index (χ3n) is 3.18. The summed E-state index contributed by atoms with van der Waals surface area (Å²) in [5, 5.41) is 12.0. The summed E-state index contributed by atoms with van der Waals surface area (Å²) in [6.45, 7) is -2.97. The van der Waals surface area contributed by atoms with Crippen LogP contribution < -0.4 is 4.74 Å². The van der Waals surface area contributed by atoms with Crippen molar-refractivity contribution in [3.63, 3.8) is 0 Å². The molecule has 22 heavy (non-hydrogen) atoms. The number of nitrogens with zero attached hydrogens (tertiary/aromatic N) is 3. The van der Waals surface area contributed by atoms with Gasteiger partial charge in [-0.1, -0.05) is 23.7 Å². The van der Waals surface area contributed by atoms with E-state index in [0.717, 1.165) is 16.6 Å². The quantitative estimate of drug-likeness (QED) is 0.727. The van der Waals surface area contributed by atoms with Crippen molar-refractivity contribution in [3.8, 4) is 17.1 Å². The van der Waals surface area contributed by atoms with Crippen molar-refractivity contribution in [3.05, 3.63) is 28.9 Å². The number of rotatable bonds is 4. The van der Waals surface area contributed by atoms with Crippen molar-refractivity contribution in [2.24, 2.45) is 7.05 Å². The molecule has 0 aliphatic rings. The number of fused-ring (bicyclic) bond motifs is 1. The summed E-state index contributed by atoms with van der Waals surface area (Å²) in [6.07, 6.45) is 0. The van der Waals surface area contributed by atoms with Gasteiger partial charge in [0.2, 0.25) is 5.88 Å². The molecule has 0 bridgehead atoms. The van der Waals surface area contributed by atoms with E-state index in [4.69, 9.17) is 23.2 Å². The van der Waals surface area contributed by atoms with E-state index in [-0.39, 0.29) is 16.8 Å². The Kier molecular flexibility index (Phi) is 3.92. The second kappa shape index (κ2) is 5.73. The second-order valence-corrected chi connectivity index (χ2v) is 5.18. The zero-order chi connectivity index (χ0) is 15.9. The molecule has 0 aliphatic carbocycles. The van der Waals surface area contributed by atoms with Crippen molar-refractivity contribution < 1.29 is 13.5 Å². The first-order chi connectivity index (χ1) is 10.5. The van der Waals surface area contributed by atoms with Gasteiger partial charge in [-0.15, -0.1) is 11.6 Å². The van der Waals surface area contributed by atoms with E-state index in [1.807, 2.05) is 6.07 Å². The summed E-state index contributed by atoms with van der Waals surface area (Å²) in [5.41, 5.74) is 2.49. The third kappa shape index (κ3) is 2.50. The van der Waals surface area contributed by atoms with Crippen LogP contribution in [0.5, 0.6) is 5.88 Å². The van der Waals surface area contributed by atoms with Crippen LogP contribution in [0, 0.1) is 0 Å². The van der Waals surface area contributed by atoms with E-state index in [1.54, 1.807) is 12.1 Å². The van der Waals surface area contributed by atoms with Crippen LogP contribution in [0.4, 0.5) is 8.78 Å². The maximum absolute atomic E-state index is 12.4. The molecule has 1 aromatic carbocycles. The van der Waals surface area contributed by atoms with Gasteiger partial charge in [0.1, 0.15) is 10.7 Å². The van der Waals surface area contributed by atoms with Gasteiger partial charge in [-0.2, -0.15) is 19.0 Å². The SMILES string of the molecule is Cn1nc(-c2ccc3c(CCl)n[nH]c3c2)c(Cl)c1OC(F)F. The molecular weight excluding hydrogens is 337 g/mol. The van der Waals surface area contributed by atoms with Gasteiger partial charge in [-0.3, -0.25) is 5.10 Å². The predicted octanol–water partition coefficient (Wildman–Crippen LogP) is 3.96. The number of halogens is 4. The Balaban J connectivity index is 2.07. The minimum absolute atomic E-state index is 0.0271. The van der Waals surface area contributed by atoms with Gasteiger partial charge in [-0.05, 0) is 6.07 Å². The van der Waals surface area contributed by atoms with Crippen molar-refractivity contribution in [1.29, 1.82) is 0 Å². The number of ether oxygens (including phenoxy) is 1. The van der Waals surface area contributed by atoms with E-state index < -0.39 is 6.61 Å². The third-order valence-corrected chi connectivity index (χ3v) is 3.78. The van der Waals surface area contributed by atoms with Crippen LogP contribution in [0.2, 0.25) is 5.02 Å². The first-order valence-electron chi connectivity index (χ1n) is 6.22. The molecule has 0 radical (unpaired) electrons. The highest BCUT2D eigenvalue weighted by Gasteiger charge is 2.20. The minimum Gasteiger partial charge on any atom is -0.416 e. The molecule has 0 aliphatic heterocycles. The number of aromatic nitrogens is 4. The molecule has 2 aromatic heterocycles. The Bertz CT molecular complexity index is 831. The Morgan fingerprint density at radius 3 is 2.86 bits per heavy atom. The van der Waals surface area contributed by atoms with E-state index in [9.17, 15) is 8.78 Å². The maximum atomic E-state index is 12.4. The molecule has 5 nitrogen and oxygen atoms in total. The first kappa shape index (κ1) is 15.1. The molecule has 0 unspecified atom stereocenters. The Hall–Kier alpha value is -1.86. The largest absolute Gasteiger partial charge is 0.416 e. The van der Waals surface area contributed by atoms with Gasteiger partial charge >= 0.3 is 6.61 Å². The number of aromatic amines is 1. The van der Waals surface area contributed by atoms with Crippen molar-refractivity contribution in [2.45, 2.75) is 12.5 Å². The van der Waals surface area contributed by atoms with Crippen LogP contribution in [0.3, 0.4) is 0 Å². The Labute approximate surface area is 133 Å². The smallest absolute Gasteiger partial charge is 0.388 e. The van der Waals surface area contributed by atoms with Crippen LogP contribution in [0.15, 0.2) is 18.2 Å². The lowest BCUT2D eigenvalue weighted by molar-refractivity contribution is -0.0552. The molecular formula is C13H10Cl2F2N4O. The monoisotopic (exact) mass is 346 g/mol. The maximum Gasteiger partial charge on any atom is 0.388 e. The summed E-state index contributed by atoms with van der Waals surface area (Å²) in [7, 11) is 1.48. The van der Waals surface area contributed by atoms with Crippen molar-refractivity contribution in [1.82, 2.24) is 20.0 Å². The van der Waals surface area contributed by atoms with E-state index >= 15 is 0 Å². The molecule has 0 atom stereocenters. The number of hydrogen-bond donors (Lipinski definition) is 1. The van der Waals surface area contributed by atoms with Gasteiger partial charge < -0.3 is 4.74 Å². The minimum atomic E-state index is -2.97. The van der Waals surface area contributed by atoms with Crippen LogP contribution in [0.1, 0.15) is 5.69 Å². The van der Waals surface area contributed by atoms with Crippen LogP contribution in [-0.2, 0) is 12.9 Å². The number of aryl methyl sites for hydroxylation is 1. The van der Waals surface area contributed by atoms with Gasteiger partial charge in [0.15, 0.2) is 0 Å². The summed E-state index contributed by atoms with van der Waals surface area (Å²) < 4.78 is 30.3. The lowest BCUT2D eigenvalue weighted by Crippen LogP contribution is -2.06. The average molecular weight is 347 g/mol. The predicted molar refractivity (Wildman–Crippen MR) is 79.5 cm³/mol. The molecule has 3 aromatic rings. The molecule has 9 heteroatoms. The molecule has 3 rings (SSSR count). The fourth-order valence-corrected chi connectivity index (χ4v) is 2.72. The van der Waals surface area contributed by atoms with Crippen LogP contribution in [-0.4, -0.2) is 26.6 Å². The summed E-state index contributed by atoms with van der Waals surface area (Å²) in [4.78, 5) is 0. The molecule has 1 N–H and O–H groups in total. The second-order valence-electron chi connectivity index (χ2n) is 4.53. The topological polar surface area (TPSA) is 55.7 Å². The number of alkyl halides is 3. The Morgan fingerprint density at radius 1 is 1.41 bits per heavy atom. The fourth-order valence-electron chi connectivity index (χ4n) is 2.20. The molecule has 0 saturated carbocycles. The molecule has 0 amide bonds. The highest BCUT2D eigenvalue weighted by molar-refractivity contribution is 6.34. The summed E-state index contributed by atoms with van der Waals surface area (Å²) >= 11 is 11.9. The number of benzene rings is 1. The van der Waals surface area contributed by atoms with E-state index in [0.29, 0.717) is 11.3 Å². The van der Waals surface area contributed by atoms with Crippen molar-refractivity contribution >= 4 is 34.1 Å². The van der Waals surface area contributed by atoms with Crippen molar-refractivity contribution in [2.75, 3.05) is 0 Å². The normalized spacial score (nSPS) is 11.5. The molecule has 0 spiro atoms. The van der Waals surface area contributed by atoms with E-state index in [2.05, 4.69) is 20.0 Å².